The average Bonchev–Trinajstić information content (AvgIpc) is 2.71. The molecule has 2 amide bonds. The van der Waals surface area contributed by atoms with Crippen LogP contribution in [0, 0.1) is 17.3 Å². The molecule has 1 aliphatic rings. The first-order chi connectivity index (χ1) is 13.8. The van der Waals surface area contributed by atoms with Crippen LogP contribution in [0.3, 0.4) is 0 Å². The molecule has 0 saturated carbocycles. The van der Waals surface area contributed by atoms with Crippen LogP contribution in [-0.2, 0) is 14.6 Å². The Morgan fingerprint density at radius 2 is 1.83 bits per heavy atom. The van der Waals surface area contributed by atoms with Gasteiger partial charge in [0.05, 0.1) is 18.1 Å². The van der Waals surface area contributed by atoms with Gasteiger partial charge in [0.1, 0.15) is 6.04 Å². The molecule has 0 aromatic heterocycles. The highest BCUT2D eigenvalue weighted by atomic mass is 32.2. The number of rotatable bonds is 6. The summed E-state index contributed by atoms with van der Waals surface area (Å²) >= 11 is 0. The number of carbonyl (C=O) groups excluding carboxylic acids is 2. The maximum atomic E-state index is 12.5. The molecule has 9 heteroatoms. The third kappa shape index (κ3) is 6.15. The SMILES string of the molecule is C=C.CCC1(C(NC(=O)c2ccc(C#CCCO)cc2)C(=O)NO)CS(=O)(=O)C1. The summed E-state index contributed by atoms with van der Waals surface area (Å²) in [5.74, 6) is 3.73. The van der Waals surface area contributed by atoms with Gasteiger partial charge in [-0.05, 0) is 30.7 Å². The van der Waals surface area contributed by atoms with E-state index in [4.69, 9.17) is 10.3 Å². The van der Waals surface area contributed by atoms with Crippen molar-refractivity contribution in [2.45, 2.75) is 25.8 Å². The predicted octanol–water partition coefficient (Wildman–Crippen LogP) is 0.651. The van der Waals surface area contributed by atoms with Gasteiger partial charge in [-0.15, -0.1) is 13.2 Å². The zero-order chi connectivity index (χ0) is 22.1. The van der Waals surface area contributed by atoms with E-state index in [1.54, 1.807) is 19.1 Å². The van der Waals surface area contributed by atoms with Crippen LogP contribution in [0.2, 0.25) is 0 Å². The van der Waals surface area contributed by atoms with Gasteiger partial charge in [-0.1, -0.05) is 18.8 Å². The summed E-state index contributed by atoms with van der Waals surface area (Å²) < 4.78 is 23.3. The fourth-order valence-electron chi connectivity index (χ4n) is 3.11. The molecule has 8 nitrogen and oxygen atoms in total. The molecule has 4 N–H and O–H groups in total. The van der Waals surface area contributed by atoms with Crippen LogP contribution < -0.4 is 10.8 Å². The number of sulfone groups is 1. The summed E-state index contributed by atoms with van der Waals surface area (Å²) in [7, 11) is -3.25. The molecular formula is C20H26N2O6S. The lowest BCUT2D eigenvalue weighted by molar-refractivity contribution is -0.134. The Bertz CT molecular complexity index is 872. The van der Waals surface area contributed by atoms with Crippen LogP contribution >= 0.6 is 0 Å². The number of amides is 2. The predicted molar refractivity (Wildman–Crippen MR) is 109 cm³/mol. The molecule has 1 atom stereocenters. The Balaban J connectivity index is 0.00000204. The van der Waals surface area contributed by atoms with Gasteiger partial charge in [0.25, 0.3) is 11.8 Å². The van der Waals surface area contributed by atoms with Crippen molar-refractivity contribution < 1.29 is 28.3 Å². The van der Waals surface area contributed by atoms with Gasteiger partial charge < -0.3 is 10.4 Å². The number of hydrogen-bond donors (Lipinski definition) is 4. The second-order valence-electron chi connectivity index (χ2n) is 6.48. The lowest BCUT2D eigenvalue weighted by atomic mass is 9.79. The molecule has 1 fully saturated rings. The minimum absolute atomic E-state index is 0.0311. The first-order valence-corrected chi connectivity index (χ1v) is 10.7. The number of hydrogen-bond acceptors (Lipinski definition) is 6. The number of aliphatic hydroxyl groups is 1. The van der Waals surface area contributed by atoms with Crippen molar-refractivity contribution >= 4 is 21.7 Å². The summed E-state index contributed by atoms with van der Waals surface area (Å²) in [5.41, 5.74) is 1.50. The van der Waals surface area contributed by atoms with Crippen molar-refractivity contribution in [3.05, 3.63) is 48.6 Å². The topological polar surface area (TPSA) is 133 Å². The summed E-state index contributed by atoms with van der Waals surface area (Å²) in [6.07, 6.45) is 0.701. The molecule has 0 aliphatic carbocycles. The van der Waals surface area contributed by atoms with Crippen molar-refractivity contribution in [2.75, 3.05) is 18.1 Å². The molecular weight excluding hydrogens is 396 g/mol. The second-order valence-corrected chi connectivity index (χ2v) is 8.55. The fraction of sp³-hybridized carbons (Fsp3) is 0.400. The Morgan fingerprint density at radius 1 is 1.24 bits per heavy atom. The van der Waals surface area contributed by atoms with E-state index in [1.807, 2.05) is 0 Å². The Hall–Kier alpha value is -2.67. The molecule has 1 aliphatic heterocycles. The van der Waals surface area contributed by atoms with Crippen LogP contribution in [0.1, 0.15) is 35.7 Å². The zero-order valence-corrected chi connectivity index (χ0v) is 17.1. The van der Waals surface area contributed by atoms with Gasteiger partial charge in [0.15, 0.2) is 9.84 Å². The smallest absolute Gasteiger partial charge is 0.266 e. The van der Waals surface area contributed by atoms with E-state index < -0.39 is 33.1 Å². The Labute approximate surface area is 170 Å². The molecule has 0 radical (unpaired) electrons. The summed E-state index contributed by atoms with van der Waals surface area (Å²) in [4.78, 5) is 24.6. The van der Waals surface area contributed by atoms with Gasteiger partial charge in [-0.25, -0.2) is 13.9 Å². The van der Waals surface area contributed by atoms with Crippen molar-refractivity contribution in [3.8, 4) is 11.8 Å². The van der Waals surface area contributed by atoms with E-state index in [-0.39, 0.29) is 23.7 Å². The van der Waals surface area contributed by atoms with Gasteiger partial charge in [-0.3, -0.25) is 14.8 Å². The van der Waals surface area contributed by atoms with Crippen LogP contribution in [0.5, 0.6) is 0 Å². The minimum atomic E-state index is -3.25. The number of aliphatic hydroxyl groups excluding tert-OH is 1. The van der Waals surface area contributed by atoms with E-state index in [2.05, 4.69) is 30.3 Å². The quantitative estimate of drug-likeness (QED) is 0.230. The monoisotopic (exact) mass is 422 g/mol. The lowest BCUT2D eigenvalue weighted by Crippen LogP contribution is -2.65. The molecule has 0 bridgehead atoms. The largest absolute Gasteiger partial charge is 0.395 e. The first-order valence-electron chi connectivity index (χ1n) is 8.92. The van der Waals surface area contributed by atoms with Crippen LogP contribution in [0.15, 0.2) is 37.4 Å². The molecule has 1 unspecified atom stereocenters. The number of carbonyl (C=O) groups is 2. The molecule has 2 rings (SSSR count). The Kier molecular flexibility index (Phi) is 9.04. The number of nitrogens with one attached hydrogen (secondary N) is 2. The maximum absolute atomic E-state index is 12.5. The molecule has 1 heterocycles. The van der Waals surface area contributed by atoms with E-state index in [0.717, 1.165) is 0 Å². The third-order valence-corrected chi connectivity index (χ3v) is 6.63. The number of benzene rings is 1. The van der Waals surface area contributed by atoms with Crippen LogP contribution in [-0.4, -0.2) is 54.7 Å². The maximum Gasteiger partial charge on any atom is 0.266 e. The zero-order valence-electron chi connectivity index (χ0n) is 16.3. The summed E-state index contributed by atoms with van der Waals surface area (Å²) in [6, 6.07) is 5.14. The van der Waals surface area contributed by atoms with E-state index in [1.165, 1.54) is 17.6 Å². The average molecular weight is 423 g/mol. The molecule has 158 valence electrons. The number of hydroxylamine groups is 1. The minimum Gasteiger partial charge on any atom is -0.395 e. The second kappa shape index (κ2) is 10.8. The summed E-state index contributed by atoms with van der Waals surface area (Å²) in [5, 5.41) is 20.3. The van der Waals surface area contributed by atoms with Crippen molar-refractivity contribution in [1.82, 2.24) is 10.8 Å². The van der Waals surface area contributed by atoms with Gasteiger partial charge in [-0.2, -0.15) is 0 Å². The van der Waals surface area contributed by atoms with Crippen molar-refractivity contribution in [3.63, 3.8) is 0 Å². The molecule has 1 saturated heterocycles. The summed E-state index contributed by atoms with van der Waals surface area (Å²) in [6.45, 7) is 7.70. The van der Waals surface area contributed by atoms with Gasteiger partial charge in [0, 0.05) is 23.0 Å². The van der Waals surface area contributed by atoms with E-state index in [9.17, 15) is 18.0 Å². The first kappa shape index (κ1) is 24.4. The van der Waals surface area contributed by atoms with Crippen LogP contribution in [0.4, 0.5) is 0 Å². The molecule has 29 heavy (non-hydrogen) atoms. The highest BCUT2D eigenvalue weighted by molar-refractivity contribution is 7.92. The normalized spacial score (nSPS) is 16.5. The molecule has 0 spiro atoms. The fourth-order valence-corrected chi connectivity index (χ4v) is 5.52. The highest BCUT2D eigenvalue weighted by Crippen LogP contribution is 2.39. The lowest BCUT2D eigenvalue weighted by Gasteiger charge is -2.45. The van der Waals surface area contributed by atoms with Crippen molar-refractivity contribution in [1.29, 1.82) is 0 Å². The van der Waals surface area contributed by atoms with E-state index >= 15 is 0 Å². The molecule has 1 aromatic carbocycles. The van der Waals surface area contributed by atoms with Crippen LogP contribution in [0.25, 0.3) is 0 Å². The van der Waals surface area contributed by atoms with E-state index in [0.29, 0.717) is 18.4 Å². The highest BCUT2D eigenvalue weighted by Gasteiger charge is 2.55. The Morgan fingerprint density at radius 3 is 2.28 bits per heavy atom. The standard InChI is InChI=1S/C18H22N2O6S.C2H4/c1-2-18(11-27(25,26)12-18)15(17(23)20-24)19-16(22)14-8-6-13(7-9-14)5-3-4-10-21;1-2/h6-9,15,21,24H,2,4,10-12H2,1H3,(H,19,22)(H,20,23);1-2H2. The van der Waals surface area contributed by atoms with Gasteiger partial charge >= 0.3 is 0 Å². The third-order valence-electron chi connectivity index (χ3n) is 4.60. The van der Waals surface area contributed by atoms with Crippen molar-refractivity contribution in [2.24, 2.45) is 5.41 Å². The van der Waals surface area contributed by atoms with Gasteiger partial charge in [0.2, 0.25) is 0 Å². The molecule has 1 aromatic rings.